The molecule has 0 radical (unpaired) electrons. The predicted molar refractivity (Wildman–Crippen MR) is 77.9 cm³/mol. The van der Waals surface area contributed by atoms with Gasteiger partial charge in [-0.25, -0.2) is 8.42 Å². The van der Waals surface area contributed by atoms with Crippen LogP contribution in [0.1, 0.15) is 5.56 Å². The first-order valence-corrected chi connectivity index (χ1v) is 7.40. The van der Waals surface area contributed by atoms with Gasteiger partial charge in [0.25, 0.3) is 10.0 Å². The molecule has 2 aromatic carbocycles. The van der Waals surface area contributed by atoms with E-state index < -0.39 is 10.0 Å². The SMILES string of the molecule is Cc1cc(Cl)ccc1S(=O)(=O)Nc1ccccc1N. The molecule has 0 atom stereocenters. The molecule has 100 valence electrons. The number of anilines is 2. The quantitative estimate of drug-likeness (QED) is 0.855. The molecule has 0 aliphatic carbocycles. The first kappa shape index (κ1) is 13.7. The number of benzene rings is 2. The highest BCUT2D eigenvalue weighted by Gasteiger charge is 2.17. The number of rotatable bonds is 3. The molecule has 19 heavy (non-hydrogen) atoms. The van der Waals surface area contributed by atoms with Crippen LogP contribution in [0.5, 0.6) is 0 Å². The van der Waals surface area contributed by atoms with Gasteiger partial charge in [-0.3, -0.25) is 4.72 Å². The molecular weight excluding hydrogens is 284 g/mol. The number of hydrogen-bond acceptors (Lipinski definition) is 3. The molecule has 0 fully saturated rings. The van der Waals surface area contributed by atoms with Gasteiger partial charge in [-0.15, -0.1) is 0 Å². The summed E-state index contributed by atoms with van der Waals surface area (Å²) >= 11 is 5.82. The average molecular weight is 297 g/mol. The van der Waals surface area contributed by atoms with E-state index in [-0.39, 0.29) is 4.90 Å². The van der Waals surface area contributed by atoms with E-state index in [1.807, 2.05) is 0 Å². The lowest BCUT2D eigenvalue weighted by molar-refractivity contribution is 0.600. The standard InChI is InChI=1S/C13H13ClN2O2S/c1-9-8-10(14)6-7-13(9)19(17,18)16-12-5-3-2-4-11(12)15/h2-8,16H,15H2,1H3. The van der Waals surface area contributed by atoms with Gasteiger partial charge in [-0.05, 0) is 42.8 Å². The minimum absolute atomic E-state index is 0.181. The molecule has 0 heterocycles. The highest BCUT2D eigenvalue weighted by atomic mass is 35.5. The molecule has 0 aliphatic rings. The van der Waals surface area contributed by atoms with Gasteiger partial charge < -0.3 is 5.73 Å². The second-order valence-electron chi connectivity index (χ2n) is 4.10. The van der Waals surface area contributed by atoms with E-state index in [0.717, 1.165) is 0 Å². The Bertz CT molecular complexity index is 714. The summed E-state index contributed by atoms with van der Waals surface area (Å²) < 4.78 is 27.0. The van der Waals surface area contributed by atoms with Crippen LogP contribution in [0.25, 0.3) is 0 Å². The van der Waals surface area contributed by atoms with E-state index in [1.165, 1.54) is 12.1 Å². The molecule has 4 nitrogen and oxygen atoms in total. The molecule has 2 rings (SSSR count). The Morgan fingerprint density at radius 1 is 1.16 bits per heavy atom. The van der Waals surface area contributed by atoms with Crippen molar-refractivity contribution >= 4 is 33.0 Å². The molecule has 0 amide bonds. The highest BCUT2D eigenvalue weighted by Crippen LogP contribution is 2.24. The number of nitrogen functional groups attached to an aromatic ring is 1. The van der Waals surface area contributed by atoms with Crippen LogP contribution in [0.2, 0.25) is 5.02 Å². The summed E-state index contributed by atoms with van der Waals surface area (Å²) in [5.74, 6) is 0. The monoisotopic (exact) mass is 296 g/mol. The lowest BCUT2D eigenvalue weighted by Gasteiger charge is -2.12. The van der Waals surface area contributed by atoms with Crippen LogP contribution < -0.4 is 10.5 Å². The molecule has 0 spiro atoms. The summed E-state index contributed by atoms with van der Waals surface area (Å²) in [5, 5.41) is 0.496. The van der Waals surface area contributed by atoms with Crippen molar-refractivity contribution in [2.24, 2.45) is 0 Å². The van der Waals surface area contributed by atoms with Crippen molar-refractivity contribution in [3.63, 3.8) is 0 Å². The van der Waals surface area contributed by atoms with Crippen molar-refractivity contribution in [2.75, 3.05) is 10.5 Å². The predicted octanol–water partition coefficient (Wildman–Crippen LogP) is 3.03. The first-order chi connectivity index (χ1) is 8.90. The molecule has 2 aromatic rings. The second kappa shape index (κ2) is 5.11. The van der Waals surface area contributed by atoms with E-state index in [4.69, 9.17) is 17.3 Å². The third-order valence-corrected chi connectivity index (χ3v) is 4.39. The van der Waals surface area contributed by atoms with Crippen molar-refractivity contribution < 1.29 is 8.42 Å². The van der Waals surface area contributed by atoms with Crippen molar-refractivity contribution in [1.29, 1.82) is 0 Å². The number of nitrogens with one attached hydrogen (secondary N) is 1. The Kier molecular flexibility index (Phi) is 3.68. The van der Waals surface area contributed by atoms with Gasteiger partial charge in [0.05, 0.1) is 16.3 Å². The maximum Gasteiger partial charge on any atom is 0.262 e. The highest BCUT2D eigenvalue weighted by molar-refractivity contribution is 7.92. The fourth-order valence-corrected chi connectivity index (χ4v) is 3.25. The lowest BCUT2D eigenvalue weighted by Crippen LogP contribution is -2.15. The second-order valence-corrected chi connectivity index (χ2v) is 6.19. The Balaban J connectivity index is 2.41. The zero-order valence-corrected chi connectivity index (χ0v) is 11.8. The lowest BCUT2D eigenvalue weighted by atomic mass is 10.2. The summed E-state index contributed by atoms with van der Waals surface area (Å²) in [6.45, 7) is 1.69. The van der Waals surface area contributed by atoms with Crippen LogP contribution in [0.15, 0.2) is 47.4 Å². The van der Waals surface area contributed by atoms with Gasteiger partial charge in [-0.2, -0.15) is 0 Å². The van der Waals surface area contributed by atoms with E-state index in [1.54, 1.807) is 37.3 Å². The molecule has 0 saturated carbocycles. The molecule has 0 unspecified atom stereocenters. The molecule has 0 saturated heterocycles. The fraction of sp³-hybridized carbons (Fsp3) is 0.0769. The van der Waals surface area contributed by atoms with E-state index in [9.17, 15) is 8.42 Å². The van der Waals surface area contributed by atoms with Gasteiger partial charge in [0.15, 0.2) is 0 Å². The summed E-state index contributed by atoms with van der Waals surface area (Å²) in [6, 6.07) is 11.3. The van der Waals surface area contributed by atoms with Crippen LogP contribution >= 0.6 is 11.6 Å². The molecular formula is C13H13ClN2O2S. The third kappa shape index (κ3) is 3.00. The van der Waals surface area contributed by atoms with Gasteiger partial charge in [-0.1, -0.05) is 23.7 Å². The maximum absolute atomic E-state index is 12.3. The van der Waals surface area contributed by atoms with Crippen molar-refractivity contribution in [3.05, 3.63) is 53.1 Å². The average Bonchev–Trinajstić information content (AvgIpc) is 2.31. The third-order valence-electron chi connectivity index (χ3n) is 2.63. The van der Waals surface area contributed by atoms with Gasteiger partial charge in [0.2, 0.25) is 0 Å². The van der Waals surface area contributed by atoms with Gasteiger partial charge in [0.1, 0.15) is 0 Å². The fourth-order valence-electron chi connectivity index (χ4n) is 1.70. The zero-order valence-electron chi connectivity index (χ0n) is 10.2. The first-order valence-electron chi connectivity index (χ1n) is 5.53. The van der Waals surface area contributed by atoms with E-state index >= 15 is 0 Å². The minimum atomic E-state index is -3.67. The smallest absolute Gasteiger partial charge is 0.262 e. The molecule has 0 aliphatic heterocycles. The zero-order chi connectivity index (χ0) is 14.0. The Labute approximate surface area is 117 Å². The van der Waals surface area contributed by atoms with Crippen molar-refractivity contribution in [2.45, 2.75) is 11.8 Å². The minimum Gasteiger partial charge on any atom is -0.397 e. The molecule has 6 heteroatoms. The summed E-state index contributed by atoms with van der Waals surface area (Å²) in [7, 11) is -3.67. The molecule has 3 N–H and O–H groups in total. The summed E-state index contributed by atoms with van der Waals surface area (Å²) in [6.07, 6.45) is 0. The number of halogens is 1. The van der Waals surface area contributed by atoms with Crippen LogP contribution in [-0.4, -0.2) is 8.42 Å². The van der Waals surface area contributed by atoms with Gasteiger partial charge >= 0.3 is 0 Å². The molecule has 0 aromatic heterocycles. The Morgan fingerprint density at radius 2 is 1.84 bits per heavy atom. The Hall–Kier alpha value is -1.72. The summed E-state index contributed by atoms with van der Waals surface area (Å²) in [4.78, 5) is 0.181. The van der Waals surface area contributed by atoms with E-state index in [0.29, 0.717) is 22.0 Å². The van der Waals surface area contributed by atoms with E-state index in [2.05, 4.69) is 4.72 Å². The number of hydrogen-bond donors (Lipinski definition) is 2. The van der Waals surface area contributed by atoms with Crippen molar-refractivity contribution in [1.82, 2.24) is 0 Å². The largest absolute Gasteiger partial charge is 0.397 e. The Morgan fingerprint density at radius 3 is 2.47 bits per heavy atom. The number of nitrogens with two attached hydrogens (primary N) is 1. The number of sulfonamides is 1. The van der Waals surface area contributed by atoms with Crippen LogP contribution in [-0.2, 0) is 10.0 Å². The number of para-hydroxylation sites is 2. The normalized spacial score (nSPS) is 11.3. The van der Waals surface area contributed by atoms with Crippen LogP contribution in [0, 0.1) is 6.92 Å². The summed E-state index contributed by atoms with van der Waals surface area (Å²) in [5.41, 5.74) is 7.03. The number of aryl methyl sites for hydroxylation is 1. The van der Waals surface area contributed by atoms with Crippen LogP contribution in [0.3, 0.4) is 0 Å². The maximum atomic E-state index is 12.3. The van der Waals surface area contributed by atoms with Crippen molar-refractivity contribution in [3.8, 4) is 0 Å². The van der Waals surface area contributed by atoms with Gasteiger partial charge in [0, 0.05) is 5.02 Å². The topological polar surface area (TPSA) is 72.2 Å². The van der Waals surface area contributed by atoms with Crippen LogP contribution in [0.4, 0.5) is 11.4 Å². The molecule has 0 bridgehead atoms.